The molecular weight excluding hydrogens is 174 g/mol. The fourth-order valence-electron chi connectivity index (χ4n) is 1.82. The molecule has 2 aliphatic rings. The highest BCUT2D eigenvalue weighted by molar-refractivity contribution is 5.20. The van der Waals surface area contributed by atoms with Crippen molar-refractivity contribution in [1.29, 1.82) is 0 Å². The summed E-state index contributed by atoms with van der Waals surface area (Å²) in [5.41, 5.74) is 0. The molecule has 2 nitrogen and oxygen atoms in total. The second-order valence-corrected chi connectivity index (χ2v) is 3.93. The first-order valence-electron chi connectivity index (χ1n) is 5.20. The van der Waals surface area contributed by atoms with Crippen LogP contribution in [0.4, 0.5) is 0 Å². The molecule has 1 aliphatic heterocycles. The smallest absolute Gasteiger partial charge is 0.118 e. The van der Waals surface area contributed by atoms with Crippen molar-refractivity contribution in [2.24, 2.45) is 11.8 Å². The number of methoxy groups -OCH3 is 1. The van der Waals surface area contributed by atoms with Crippen LogP contribution >= 0.6 is 0 Å². The lowest BCUT2D eigenvalue weighted by Crippen LogP contribution is -2.10. The number of benzene rings is 1. The molecule has 1 N–H and O–H groups in total. The zero-order chi connectivity index (χ0) is 9.80. The summed E-state index contributed by atoms with van der Waals surface area (Å²) >= 11 is 0. The molecule has 1 saturated heterocycles. The highest BCUT2D eigenvalue weighted by Gasteiger charge is 2.40. The molecule has 2 atom stereocenters. The number of rotatable bonds is 1. The number of hydrogen-bond donors (Lipinski definition) is 1. The summed E-state index contributed by atoms with van der Waals surface area (Å²) in [4.78, 5) is 0. The van der Waals surface area contributed by atoms with E-state index in [0.717, 1.165) is 17.6 Å². The topological polar surface area (TPSA) is 21.3 Å². The van der Waals surface area contributed by atoms with Crippen LogP contribution in [0, 0.1) is 11.8 Å². The monoisotopic (exact) mass is 191 g/mol. The van der Waals surface area contributed by atoms with Crippen LogP contribution < -0.4 is 10.1 Å². The lowest BCUT2D eigenvalue weighted by Gasteiger charge is -1.93. The van der Waals surface area contributed by atoms with Crippen LogP contribution in [0.3, 0.4) is 0 Å². The highest BCUT2D eigenvalue weighted by Crippen LogP contribution is 2.40. The largest absolute Gasteiger partial charge is 0.497 e. The summed E-state index contributed by atoms with van der Waals surface area (Å²) in [6, 6.07) is 9.68. The molecule has 2 unspecified atom stereocenters. The van der Waals surface area contributed by atoms with Crippen LogP contribution in [-0.4, -0.2) is 20.2 Å². The molecule has 0 bridgehead atoms. The maximum absolute atomic E-state index is 4.91. The summed E-state index contributed by atoms with van der Waals surface area (Å²) in [5.74, 6) is 3.11. The normalized spacial score (nSPS) is 27.2. The van der Waals surface area contributed by atoms with Crippen molar-refractivity contribution in [3.63, 3.8) is 0 Å². The van der Waals surface area contributed by atoms with Crippen LogP contribution in [0.5, 0.6) is 5.75 Å². The van der Waals surface area contributed by atoms with Crippen LogP contribution in [0.2, 0.25) is 0 Å². The molecule has 0 spiro atoms. The molecule has 3 rings (SSSR count). The Morgan fingerprint density at radius 2 is 1.79 bits per heavy atom. The number of hydrogen-bond acceptors (Lipinski definition) is 2. The molecule has 1 aliphatic carbocycles. The van der Waals surface area contributed by atoms with Crippen molar-refractivity contribution in [2.75, 3.05) is 20.2 Å². The van der Waals surface area contributed by atoms with E-state index in [0.29, 0.717) is 0 Å². The predicted molar refractivity (Wildman–Crippen MR) is 57.5 cm³/mol. The third-order valence-corrected chi connectivity index (χ3v) is 2.86. The standard InChI is InChI=1S/C7H8O.C5H9N/c1-8-7-5-3-2-4-6-7;1-4-2-6-3-5(1)4/h2-6H,1H3;4-6H,1-3H2. The Balaban J connectivity index is 0.000000110. The molecule has 14 heavy (non-hydrogen) atoms. The third kappa shape index (κ3) is 2.48. The van der Waals surface area contributed by atoms with Crippen LogP contribution in [0.25, 0.3) is 0 Å². The van der Waals surface area contributed by atoms with Gasteiger partial charge in [0.2, 0.25) is 0 Å². The molecule has 2 heteroatoms. The molecule has 1 heterocycles. The molecule has 2 fully saturated rings. The van der Waals surface area contributed by atoms with Gasteiger partial charge in [0.05, 0.1) is 7.11 Å². The van der Waals surface area contributed by atoms with Crippen molar-refractivity contribution in [2.45, 2.75) is 6.42 Å². The van der Waals surface area contributed by atoms with Gasteiger partial charge in [0.25, 0.3) is 0 Å². The molecule has 0 radical (unpaired) electrons. The van der Waals surface area contributed by atoms with Gasteiger partial charge in [0, 0.05) is 0 Å². The lowest BCUT2D eigenvalue weighted by molar-refractivity contribution is 0.415. The van der Waals surface area contributed by atoms with Gasteiger partial charge in [-0.3, -0.25) is 0 Å². The average molecular weight is 191 g/mol. The van der Waals surface area contributed by atoms with E-state index in [9.17, 15) is 0 Å². The first-order chi connectivity index (χ1) is 6.90. The maximum atomic E-state index is 4.91. The fourth-order valence-corrected chi connectivity index (χ4v) is 1.82. The lowest BCUT2D eigenvalue weighted by atomic mass is 10.3. The van der Waals surface area contributed by atoms with Gasteiger partial charge < -0.3 is 10.1 Å². The van der Waals surface area contributed by atoms with Crippen molar-refractivity contribution in [1.82, 2.24) is 5.32 Å². The van der Waals surface area contributed by atoms with Crippen LogP contribution in [-0.2, 0) is 0 Å². The van der Waals surface area contributed by atoms with Gasteiger partial charge >= 0.3 is 0 Å². The van der Waals surface area contributed by atoms with E-state index in [1.807, 2.05) is 30.3 Å². The zero-order valence-corrected chi connectivity index (χ0v) is 8.57. The van der Waals surface area contributed by atoms with E-state index in [1.54, 1.807) is 7.11 Å². The van der Waals surface area contributed by atoms with E-state index in [2.05, 4.69) is 5.32 Å². The minimum atomic E-state index is 0.910. The van der Waals surface area contributed by atoms with E-state index < -0.39 is 0 Å². The van der Waals surface area contributed by atoms with Gasteiger partial charge in [-0.1, -0.05) is 18.2 Å². The SMILES string of the molecule is C1NCC2CC12.COc1ccccc1. The highest BCUT2D eigenvalue weighted by atomic mass is 16.5. The maximum Gasteiger partial charge on any atom is 0.118 e. The Hall–Kier alpha value is -1.02. The number of ether oxygens (including phenoxy) is 1. The first kappa shape index (κ1) is 9.53. The van der Waals surface area contributed by atoms with Gasteiger partial charge in [0.1, 0.15) is 5.75 Å². The Kier molecular flexibility index (Phi) is 3.04. The van der Waals surface area contributed by atoms with Gasteiger partial charge in [-0.2, -0.15) is 0 Å². The number of piperidine rings is 1. The van der Waals surface area contributed by atoms with E-state index in [4.69, 9.17) is 4.74 Å². The zero-order valence-electron chi connectivity index (χ0n) is 8.57. The van der Waals surface area contributed by atoms with Crippen molar-refractivity contribution in [3.8, 4) is 5.75 Å². The Morgan fingerprint density at radius 3 is 2.07 bits per heavy atom. The molecular formula is C12H17NO. The minimum absolute atomic E-state index is 0.910. The second-order valence-electron chi connectivity index (χ2n) is 3.93. The number of nitrogens with one attached hydrogen (secondary N) is 1. The summed E-state index contributed by atoms with van der Waals surface area (Å²) in [5, 5.41) is 3.32. The van der Waals surface area contributed by atoms with Crippen molar-refractivity contribution >= 4 is 0 Å². The van der Waals surface area contributed by atoms with Crippen LogP contribution in [0.15, 0.2) is 30.3 Å². The van der Waals surface area contributed by atoms with E-state index in [1.165, 1.54) is 19.5 Å². The predicted octanol–water partition coefficient (Wildman–Crippen LogP) is 1.92. The first-order valence-corrected chi connectivity index (χ1v) is 5.20. The van der Waals surface area contributed by atoms with E-state index >= 15 is 0 Å². The number of fused-ring (bicyclic) bond motifs is 1. The second kappa shape index (κ2) is 4.47. The van der Waals surface area contributed by atoms with E-state index in [-0.39, 0.29) is 0 Å². The Morgan fingerprint density at radius 1 is 1.14 bits per heavy atom. The quantitative estimate of drug-likeness (QED) is 0.732. The molecule has 76 valence electrons. The van der Waals surface area contributed by atoms with Gasteiger partial charge in [-0.25, -0.2) is 0 Å². The fraction of sp³-hybridized carbons (Fsp3) is 0.500. The summed E-state index contributed by atoms with van der Waals surface area (Å²) in [6.07, 6.45) is 1.52. The van der Waals surface area contributed by atoms with Crippen molar-refractivity contribution < 1.29 is 4.74 Å². The summed E-state index contributed by atoms with van der Waals surface area (Å²) < 4.78 is 4.91. The van der Waals surface area contributed by atoms with Gasteiger partial charge in [0.15, 0.2) is 0 Å². The minimum Gasteiger partial charge on any atom is -0.497 e. The Bertz CT molecular complexity index is 265. The molecule has 1 aromatic rings. The van der Waals surface area contributed by atoms with Gasteiger partial charge in [-0.15, -0.1) is 0 Å². The van der Waals surface area contributed by atoms with Gasteiger partial charge in [-0.05, 0) is 43.5 Å². The average Bonchev–Trinajstić information content (AvgIpc) is 2.88. The molecule has 1 aromatic carbocycles. The van der Waals surface area contributed by atoms with Crippen molar-refractivity contribution in [3.05, 3.63) is 30.3 Å². The summed E-state index contributed by atoms with van der Waals surface area (Å²) in [7, 11) is 1.66. The molecule has 0 aromatic heterocycles. The molecule has 0 amide bonds. The Labute approximate surface area is 85.3 Å². The summed E-state index contributed by atoms with van der Waals surface area (Å²) in [6.45, 7) is 2.62. The third-order valence-electron chi connectivity index (χ3n) is 2.86. The van der Waals surface area contributed by atoms with Crippen LogP contribution in [0.1, 0.15) is 6.42 Å². The number of para-hydroxylation sites is 1. The molecule has 1 saturated carbocycles.